The van der Waals surface area contributed by atoms with Crippen molar-refractivity contribution in [2.75, 3.05) is 4.90 Å². The lowest BCUT2D eigenvalue weighted by molar-refractivity contribution is -0.143. The molecule has 0 saturated heterocycles. The molecule has 138 valence electrons. The smallest absolute Gasteiger partial charge is 0.299 e. The van der Waals surface area contributed by atoms with Crippen molar-refractivity contribution in [3.05, 3.63) is 64.7 Å². The zero-order valence-corrected chi connectivity index (χ0v) is 13.7. The van der Waals surface area contributed by atoms with Crippen molar-refractivity contribution in [1.82, 2.24) is 0 Å². The van der Waals surface area contributed by atoms with E-state index in [9.17, 15) is 31.1 Å². The van der Waals surface area contributed by atoms with Crippen LogP contribution in [0, 0.1) is 0 Å². The number of halogens is 6. The topological polar surface area (TPSA) is 20.3 Å². The number of hydrogen-bond donors (Lipinski definition) is 0. The number of nitrogens with zero attached hydrogens (tertiary/aromatic N) is 1. The molecule has 0 spiro atoms. The molecule has 0 atom stereocenters. The van der Waals surface area contributed by atoms with Crippen molar-refractivity contribution in [3.63, 3.8) is 0 Å². The van der Waals surface area contributed by atoms with E-state index in [1.807, 2.05) is 0 Å². The molecule has 0 aromatic heterocycles. The molecule has 8 heteroatoms. The first-order valence-corrected chi connectivity index (χ1v) is 7.57. The van der Waals surface area contributed by atoms with E-state index in [1.165, 1.54) is 6.07 Å². The van der Waals surface area contributed by atoms with Crippen molar-refractivity contribution in [1.29, 1.82) is 0 Å². The van der Waals surface area contributed by atoms with Crippen LogP contribution in [0.25, 0.3) is 0 Å². The van der Waals surface area contributed by atoms with Gasteiger partial charge in [-0.25, -0.2) is 0 Å². The van der Waals surface area contributed by atoms with Crippen LogP contribution < -0.4 is 4.90 Å². The van der Waals surface area contributed by atoms with Gasteiger partial charge in [-0.3, -0.25) is 9.69 Å². The molecule has 1 aliphatic heterocycles. The summed E-state index contributed by atoms with van der Waals surface area (Å²) in [6, 6.07) is 7.56. The quantitative estimate of drug-likeness (QED) is 0.594. The maximum absolute atomic E-state index is 13.1. The average Bonchev–Trinajstić information content (AvgIpc) is 2.72. The zero-order valence-electron chi connectivity index (χ0n) is 13.7. The van der Waals surface area contributed by atoms with E-state index in [1.54, 1.807) is 32.0 Å². The Balaban J connectivity index is 2.23. The number of carbonyl (C=O) groups excluding carboxylic acids is 1. The molecule has 1 amide bonds. The van der Waals surface area contributed by atoms with Gasteiger partial charge in [-0.2, -0.15) is 26.3 Å². The van der Waals surface area contributed by atoms with Gasteiger partial charge in [-0.15, -0.1) is 0 Å². The number of benzene rings is 2. The molecule has 0 N–H and O–H groups in total. The van der Waals surface area contributed by atoms with E-state index in [-0.39, 0.29) is 11.6 Å². The molecule has 0 radical (unpaired) electrons. The Morgan fingerprint density at radius 2 is 1.35 bits per heavy atom. The van der Waals surface area contributed by atoms with E-state index in [2.05, 4.69) is 0 Å². The van der Waals surface area contributed by atoms with Crippen molar-refractivity contribution in [2.24, 2.45) is 0 Å². The van der Waals surface area contributed by atoms with Gasteiger partial charge in [0.15, 0.2) is 0 Å². The first kappa shape index (κ1) is 18.3. The minimum absolute atomic E-state index is 0.0458. The summed E-state index contributed by atoms with van der Waals surface area (Å²) in [6.45, 7) is 3.15. The van der Waals surface area contributed by atoms with Crippen molar-refractivity contribution >= 4 is 11.6 Å². The normalized spacial score (nSPS) is 16.8. The SMILES string of the molecule is CC1(C)c2ccccc2C(=O)N1c1cc(C(F)(F)F)cc(C(F)(F)F)c1. The van der Waals surface area contributed by atoms with Gasteiger partial charge >= 0.3 is 12.4 Å². The standard InChI is InChI=1S/C18H13F6NO/c1-16(2)14-6-4-3-5-13(14)15(26)25(16)12-8-10(17(19,20)21)7-11(9-12)18(22,23)24/h3-9H,1-2H3. The van der Waals surface area contributed by atoms with Gasteiger partial charge in [0.1, 0.15) is 0 Å². The Morgan fingerprint density at radius 3 is 1.81 bits per heavy atom. The van der Waals surface area contributed by atoms with Crippen LogP contribution in [-0.2, 0) is 17.9 Å². The Morgan fingerprint density at radius 1 is 0.846 bits per heavy atom. The Hall–Kier alpha value is -2.51. The number of amides is 1. The predicted molar refractivity (Wildman–Crippen MR) is 82.7 cm³/mol. The molecular weight excluding hydrogens is 360 g/mol. The van der Waals surface area contributed by atoms with Gasteiger partial charge in [0.25, 0.3) is 5.91 Å². The van der Waals surface area contributed by atoms with Gasteiger partial charge in [0.05, 0.1) is 16.7 Å². The van der Waals surface area contributed by atoms with Crippen LogP contribution >= 0.6 is 0 Å². The summed E-state index contributed by atoms with van der Waals surface area (Å²) >= 11 is 0. The van der Waals surface area contributed by atoms with E-state index in [0.717, 1.165) is 4.90 Å². The number of rotatable bonds is 1. The fourth-order valence-corrected chi connectivity index (χ4v) is 3.21. The maximum Gasteiger partial charge on any atom is 0.416 e. The number of alkyl halides is 6. The lowest BCUT2D eigenvalue weighted by Gasteiger charge is -2.33. The van der Waals surface area contributed by atoms with Gasteiger partial charge in [-0.1, -0.05) is 18.2 Å². The first-order chi connectivity index (χ1) is 11.8. The molecule has 2 nitrogen and oxygen atoms in total. The summed E-state index contributed by atoms with van der Waals surface area (Å²) in [6.07, 6.45) is -9.95. The van der Waals surface area contributed by atoms with Crippen LogP contribution in [0.2, 0.25) is 0 Å². The van der Waals surface area contributed by atoms with E-state index in [0.29, 0.717) is 17.7 Å². The fourth-order valence-electron chi connectivity index (χ4n) is 3.21. The third-order valence-electron chi connectivity index (χ3n) is 4.41. The highest BCUT2D eigenvalue weighted by Crippen LogP contribution is 2.45. The zero-order chi connectivity index (χ0) is 19.5. The molecule has 1 heterocycles. The van der Waals surface area contributed by atoms with Crippen LogP contribution in [0.3, 0.4) is 0 Å². The number of anilines is 1. The second kappa shape index (κ2) is 5.49. The van der Waals surface area contributed by atoms with Gasteiger partial charge in [-0.05, 0) is 43.7 Å². The van der Waals surface area contributed by atoms with Gasteiger partial charge in [0, 0.05) is 11.3 Å². The number of fused-ring (bicyclic) bond motifs is 1. The maximum atomic E-state index is 13.1. The molecule has 0 unspecified atom stereocenters. The largest absolute Gasteiger partial charge is 0.416 e. The Labute approximate surface area is 145 Å². The van der Waals surface area contributed by atoms with Crippen molar-refractivity contribution in [3.8, 4) is 0 Å². The molecule has 0 saturated carbocycles. The summed E-state index contributed by atoms with van der Waals surface area (Å²) in [7, 11) is 0. The van der Waals surface area contributed by atoms with Crippen molar-refractivity contribution in [2.45, 2.75) is 31.7 Å². The van der Waals surface area contributed by atoms with E-state index in [4.69, 9.17) is 0 Å². The summed E-state index contributed by atoms with van der Waals surface area (Å²) < 4.78 is 78.6. The molecule has 2 aromatic carbocycles. The highest BCUT2D eigenvalue weighted by atomic mass is 19.4. The monoisotopic (exact) mass is 373 g/mol. The van der Waals surface area contributed by atoms with E-state index < -0.39 is 40.6 Å². The van der Waals surface area contributed by atoms with E-state index >= 15 is 0 Å². The van der Waals surface area contributed by atoms with Crippen LogP contribution in [0.1, 0.15) is 40.9 Å². The molecular formula is C18H13F6NO. The minimum atomic E-state index is -4.98. The summed E-state index contributed by atoms with van der Waals surface area (Å²) in [5, 5.41) is 0. The highest BCUT2D eigenvalue weighted by Gasteiger charge is 2.45. The summed E-state index contributed by atoms with van der Waals surface area (Å²) in [5.41, 5.74) is -3.66. The second-order valence-electron chi connectivity index (χ2n) is 6.51. The van der Waals surface area contributed by atoms with Gasteiger partial charge < -0.3 is 0 Å². The summed E-state index contributed by atoms with van der Waals surface area (Å²) in [4.78, 5) is 13.7. The lowest BCUT2D eigenvalue weighted by atomic mass is 9.93. The van der Waals surface area contributed by atoms with Crippen LogP contribution in [0.4, 0.5) is 32.0 Å². The molecule has 2 aromatic rings. The van der Waals surface area contributed by atoms with Crippen LogP contribution in [0.5, 0.6) is 0 Å². The second-order valence-corrected chi connectivity index (χ2v) is 6.51. The molecule has 1 aliphatic rings. The summed E-state index contributed by atoms with van der Waals surface area (Å²) in [5.74, 6) is -0.641. The Kier molecular flexibility index (Phi) is 3.86. The van der Waals surface area contributed by atoms with Crippen LogP contribution in [-0.4, -0.2) is 5.91 Å². The van der Waals surface area contributed by atoms with Crippen molar-refractivity contribution < 1.29 is 31.1 Å². The predicted octanol–water partition coefficient (Wildman–Crippen LogP) is 5.62. The molecule has 3 rings (SSSR count). The third-order valence-corrected chi connectivity index (χ3v) is 4.41. The third kappa shape index (κ3) is 2.83. The minimum Gasteiger partial charge on any atom is -0.299 e. The molecule has 26 heavy (non-hydrogen) atoms. The van der Waals surface area contributed by atoms with Gasteiger partial charge in [0.2, 0.25) is 0 Å². The highest BCUT2D eigenvalue weighted by molar-refractivity contribution is 6.12. The molecule has 0 bridgehead atoms. The Bertz CT molecular complexity index is 850. The molecule has 0 fully saturated rings. The number of carbonyl (C=O) groups is 1. The number of hydrogen-bond acceptors (Lipinski definition) is 1. The first-order valence-electron chi connectivity index (χ1n) is 7.57. The van der Waals surface area contributed by atoms with Crippen LogP contribution in [0.15, 0.2) is 42.5 Å². The molecule has 0 aliphatic carbocycles. The average molecular weight is 373 g/mol. The lowest BCUT2D eigenvalue weighted by Crippen LogP contribution is -2.39. The fraction of sp³-hybridized carbons (Fsp3) is 0.278.